The molecule has 1 unspecified atom stereocenters. The van der Waals surface area contributed by atoms with Crippen molar-refractivity contribution in [3.8, 4) is 5.75 Å². The van der Waals surface area contributed by atoms with E-state index in [4.69, 9.17) is 16.3 Å². The number of nitrogens with one attached hydrogen (secondary N) is 2. The number of carbonyl (C=O) groups excluding carboxylic acids is 2. The second-order valence-electron chi connectivity index (χ2n) is 5.97. The molecule has 0 spiro atoms. The molecule has 0 saturated carbocycles. The van der Waals surface area contributed by atoms with Crippen LogP contribution in [0, 0.1) is 6.92 Å². The first kappa shape index (κ1) is 19.7. The summed E-state index contributed by atoms with van der Waals surface area (Å²) in [6.07, 6.45) is 2.24. The van der Waals surface area contributed by atoms with Gasteiger partial charge >= 0.3 is 0 Å². The second-order valence-corrected chi connectivity index (χ2v) is 6.38. The molecule has 2 amide bonds. The van der Waals surface area contributed by atoms with Crippen molar-refractivity contribution in [3.05, 3.63) is 52.3 Å². The number of ether oxygens (including phenoxy) is 1. The molecule has 1 aromatic carbocycles. The van der Waals surface area contributed by atoms with Crippen LogP contribution in [0.5, 0.6) is 5.75 Å². The van der Waals surface area contributed by atoms with E-state index in [1.165, 1.54) is 19.4 Å². The number of hydrogen-bond acceptors (Lipinski definition) is 4. The highest BCUT2D eigenvalue weighted by atomic mass is 35.5. The summed E-state index contributed by atoms with van der Waals surface area (Å²) in [5.41, 5.74) is 1.83. The van der Waals surface area contributed by atoms with Crippen LogP contribution in [0.3, 0.4) is 0 Å². The molecule has 2 aromatic rings. The average molecular weight is 376 g/mol. The van der Waals surface area contributed by atoms with Crippen LogP contribution in [0.15, 0.2) is 30.5 Å². The van der Waals surface area contributed by atoms with Crippen LogP contribution in [0.25, 0.3) is 0 Å². The molecule has 0 bridgehead atoms. The Morgan fingerprint density at radius 3 is 2.65 bits per heavy atom. The zero-order chi connectivity index (χ0) is 19.3. The first-order chi connectivity index (χ1) is 12.3. The molecule has 2 N–H and O–H groups in total. The summed E-state index contributed by atoms with van der Waals surface area (Å²) >= 11 is 6.08. The first-order valence-corrected chi connectivity index (χ1v) is 8.65. The van der Waals surface area contributed by atoms with Crippen LogP contribution >= 0.6 is 11.6 Å². The highest BCUT2D eigenvalue weighted by molar-refractivity contribution is 6.31. The molecule has 0 saturated heterocycles. The van der Waals surface area contributed by atoms with Crippen LogP contribution < -0.4 is 15.4 Å². The van der Waals surface area contributed by atoms with E-state index in [0.29, 0.717) is 22.0 Å². The fourth-order valence-corrected chi connectivity index (χ4v) is 2.37. The zero-order valence-electron chi connectivity index (χ0n) is 15.2. The first-order valence-electron chi connectivity index (χ1n) is 8.28. The number of methoxy groups -OCH3 is 1. The molecule has 0 fully saturated rings. The van der Waals surface area contributed by atoms with Crippen molar-refractivity contribution in [2.45, 2.75) is 33.2 Å². The second kappa shape index (κ2) is 8.67. The number of pyridine rings is 1. The van der Waals surface area contributed by atoms with E-state index in [-0.39, 0.29) is 23.6 Å². The van der Waals surface area contributed by atoms with Gasteiger partial charge in [-0.3, -0.25) is 14.6 Å². The molecule has 7 heteroatoms. The third-order valence-electron chi connectivity index (χ3n) is 3.97. The Morgan fingerprint density at radius 1 is 1.27 bits per heavy atom. The zero-order valence-corrected chi connectivity index (χ0v) is 16.0. The Labute approximate surface area is 157 Å². The predicted molar refractivity (Wildman–Crippen MR) is 102 cm³/mol. The van der Waals surface area contributed by atoms with E-state index < -0.39 is 0 Å². The highest BCUT2D eigenvalue weighted by Crippen LogP contribution is 2.31. The number of anilines is 1. The lowest BCUT2D eigenvalue weighted by Crippen LogP contribution is -2.32. The van der Waals surface area contributed by atoms with Crippen LogP contribution in [0.2, 0.25) is 5.02 Å². The van der Waals surface area contributed by atoms with E-state index in [0.717, 1.165) is 12.0 Å². The molecule has 1 atom stereocenters. The standard InChI is InChI=1S/C19H22ClN3O3/c1-5-12(3)22-19(25)16-9-13(6-7-21-16)18(24)23-15-8-11(2)14(20)10-17(15)26-4/h6-10,12H,5H2,1-4H3,(H,22,25)(H,23,24). The highest BCUT2D eigenvalue weighted by Gasteiger charge is 2.15. The van der Waals surface area contributed by atoms with Gasteiger partial charge in [-0.2, -0.15) is 0 Å². The number of aryl methyl sites for hydroxylation is 1. The number of rotatable bonds is 6. The van der Waals surface area contributed by atoms with Gasteiger partial charge < -0.3 is 15.4 Å². The maximum atomic E-state index is 12.6. The van der Waals surface area contributed by atoms with Crippen LogP contribution in [-0.4, -0.2) is 29.9 Å². The summed E-state index contributed by atoms with van der Waals surface area (Å²) in [7, 11) is 1.50. The minimum absolute atomic E-state index is 0.0306. The Hall–Kier alpha value is -2.60. The number of amides is 2. The quantitative estimate of drug-likeness (QED) is 0.804. The Balaban J connectivity index is 2.22. The van der Waals surface area contributed by atoms with Crippen LogP contribution in [-0.2, 0) is 0 Å². The molecular weight excluding hydrogens is 354 g/mol. The van der Waals surface area contributed by atoms with Gasteiger partial charge in [0.2, 0.25) is 0 Å². The van der Waals surface area contributed by atoms with Crippen molar-refractivity contribution < 1.29 is 14.3 Å². The lowest BCUT2D eigenvalue weighted by atomic mass is 10.1. The van der Waals surface area contributed by atoms with E-state index in [2.05, 4.69) is 15.6 Å². The molecule has 6 nitrogen and oxygen atoms in total. The van der Waals surface area contributed by atoms with E-state index in [1.807, 2.05) is 20.8 Å². The lowest BCUT2D eigenvalue weighted by molar-refractivity contribution is 0.0934. The Bertz CT molecular complexity index is 824. The molecule has 0 aliphatic carbocycles. The number of hydrogen-bond donors (Lipinski definition) is 2. The van der Waals surface area contributed by atoms with Crippen molar-refractivity contribution in [2.24, 2.45) is 0 Å². The summed E-state index contributed by atoms with van der Waals surface area (Å²) in [6, 6.07) is 6.41. The minimum atomic E-state index is -0.370. The Kier molecular flexibility index (Phi) is 6.58. The number of carbonyl (C=O) groups is 2. The summed E-state index contributed by atoms with van der Waals surface area (Å²) in [5, 5.41) is 6.16. The normalized spacial score (nSPS) is 11.6. The van der Waals surface area contributed by atoms with Gasteiger partial charge in [0.15, 0.2) is 0 Å². The average Bonchev–Trinajstić information content (AvgIpc) is 2.64. The SMILES string of the molecule is CCC(C)NC(=O)c1cc(C(=O)Nc2cc(C)c(Cl)cc2OC)ccn1. The number of aromatic nitrogens is 1. The van der Waals surface area contributed by atoms with Crippen molar-refractivity contribution >= 4 is 29.1 Å². The number of halogens is 1. The third kappa shape index (κ3) is 4.73. The minimum Gasteiger partial charge on any atom is -0.495 e. The third-order valence-corrected chi connectivity index (χ3v) is 4.38. The van der Waals surface area contributed by atoms with Gasteiger partial charge in [-0.1, -0.05) is 18.5 Å². The Morgan fingerprint density at radius 2 is 2.00 bits per heavy atom. The van der Waals surface area contributed by atoms with Gasteiger partial charge in [-0.05, 0) is 44.0 Å². The summed E-state index contributed by atoms with van der Waals surface area (Å²) in [6.45, 7) is 5.72. The van der Waals surface area contributed by atoms with Crippen molar-refractivity contribution in [1.82, 2.24) is 10.3 Å². The number of nitrogens with zero attached hydrogens (tertiary/aromatic N) is 1. The van der Waals surface area contributed by atoms with Crippen LogP contribution in [0.4, 0.5) is 5.69 Å². The lowest BCUT2D eigenvalue weighted by Gasteiger charge is -2.13. The maximum Gasteiger partial charge on any atom is 0.270 e. The van der Waals surface area contributed by atoms with Gasteiger partial charge in [0.25, 0.3) is 11.8 Å². The monoisotopic (exact) mass is 375 g/mol. The van der Waals surface area contributed by atoms with Crippen molar-refractivity contribution in [1.29, 1.82) is 0 Å². The molecule has 26 heavy (non-hydrogen) atoms. The van der Waals surface area contributed by atoms with Crippen molar-refractivity contribution in [2.75, 3.05) is 12.4 Å². The molecular formula is C19H22ClN3O3. The predicted octanol–water partition coefficient (Wildman–Crippen LogP) is 3.83. The van der Waals surface area contributed by atoms with Gasteiger partial charge in [0.05, 0.1) is 12.8 Å². The van der Waals surface area contributed by atoms with E-state index >= 15 is 0 Å². The van der Waals surface area contributed by atoms with Gasteiger partial charge in [0, 0.05) is 28.9 Å². The maximum absolute atomic E-state index is 12.6. The summed E-state index contributed by atoms with van der Waals surface area (Å²) in [5.74, 6) is -0.225. The fourth-order valence-electron chi connectivity index (χ4n) is 2.22. The molecule has 138 valence electrons. The molecule has 2 rings (SSSR count). The van der Waals surface area contributed by atoms with Gasteiger partial charge in [0.1, 0.15) is 11.4 Å². The number of benzene rings is 1. The molecule has 0 aliphatic heterocycles. The smallest absolute Gasteiger partial charge is 0.270 e. The van der Waals surface area contributed by atoms with E-state index in [1.54, 1.807) is 18.2 Å². The van der Waals surface area contributed by atoms with E-state index in [9.17, 15) is 9.59 Å². The fraction of sp³-hybridized carbons (Fsp3) is 0.316. The van der Waals surface area contributed by atoms with Crippen LogP contribution in [0.1, 0.15) is 46.7 Å². The molecule has 1 aromatic heterocycles. The van der Waals surface area contributed by atoms with Gasteiger partial charge in [-0.15, -0.1) is 0 Å². The summed E-state index contributed by atoms with van der Waals surface area (Å²) in [4.78, 5) is 28.8. The summed E-state index contributed by atoms with van der Waals surface area (Å²) < 4.78 is 5.26. The molecule has 0 radical (unpaired) electrons. The topological polar surface area (TPSA) is 80.3 Å². The largest absolute Gasteiger partial charge is 0.495 e. The van der Waals surface area contributed by atoms with Gasteiger partial charge in [-0.25, -0.2) is 0 Å². The van der Waals surface area contributed by atoms with Crippen molar-refractivity contribution in [3.63, 3.8) is 0 Å². The molecule has 1 heterocycles. The molecule has 0 aliphatic rings.